The lowest BCUT2D eigenvalue weighted by atomic mass is 10.1. The summed E-state index contributed by atoms with van der Waals surface area (Å²) >= 11 is 5.51. The van der Waals surface area contributed by atoms with Gasteiger partial charge in [0.25, 0.3) is 0 Å². The monoisotopic (exact) mass is 285 g/mol. The molecule has 0 aliphatic heterocycles. The summed E-state index contributed by atoms with van der Waals surface area (Å²) in [5.74, 6) is 0.541. The SMILES string of the molecule is COc1cccc2c(S(=O)(=O)CCCl)nccc12. The summed E-state index contributed by atoms with van der Waals surface area (Å²) in [5.41, 5.74) is 0. The van der Waals surface area contributed by atoms with E-state index in [1.54, 1.807) is 31.4 Å². The Labute approximate surface area is 110 Å². The van der Waals surface area contributed by atoms with E-state index < -0.39 is 9.84 Å². The van der Waals surface area contributed by atoms with Crippen molar-refractivity contribution in [1.29, 1.82) is 0 Å². The molecule has 0 N–H and O–H groups in total. The lowest BCUT2D eigenvalue weighted by Crippen LogP contribution is -2.10. The van der Waals surface area contributed by atoms with E-state index in [1.165, 1.54) is 6.20 Å². The van der Waals surface area contributed by atoms with Crippen molar-refractivity contribution >= 4 is 32.2 Å². The third-order valence-electron chi connectivity index (χ3n) is 2.59. The minimum absolute atomic E-state index is 0.0460. The molecule has 0 fully saturated rings. The van der Waals surface area contributed by atoms with Crippen LogP contribution in [0, 0.1) is 0 Å². The zero-order valence-corrected chi connectivity index (χ0v) is 11.3. The number of hydrogen-bond acceptors (Lipinski definition) is 4. The van der Waals surface area contributed by atoms with Gasteiger partial charge in [0.1, 0.15) is 5.75 Å². The Hall–Kier alpha value is -1.33. The first-order valence-corrected chi connectivity index (χ1v) is 7.49. The number of ether oxygens (including phenoxy) is 1. The Morgan fingerprint density at radius 2 is 2.06 bits per heavy atom. The minimum atomic E-state index is -3.46. The highest BCUT2D eigenvalue weighted by atomic mass is 35.5. The molecule has 1 aromatic heterocycles. The molecule has 1 aromatic carbocycles. The summed E-state index contributed by atoms with van der Waals surface area (Å²) in [7, 11) is -1.92. The Kier molecular flexibility index (Phi) is 3.73. The summed E-state index contributed by atoms with van der Waals surface area (Å²) in [6.45, 7) is 0. The molecule has 0 amide bonds. The van der Waals surface area contributed by atoms with Gasteiger partial charge in [0, 0.05) is 22.8 Å². The van der Waals surface area contributed by atoms with Gasteiger partial charge in [-0.05, 0) is 12.1 Å². The lowest BCUT2D eigenvalue weighted by Gasteiger charge is -2.08. The van der Waals surface area contributed by atoms with Crippen LogP contribution in [0.25, 0.3) is 10.8 Å². The number of pyridine rings is 1. The van der Waals surface area contributed by atoms with Gasteiger partial charge in [-0.3, -0.25) is 0 Å². The second-order valence-electron chi connectivity index (χ2n) is 3.68. The molecule has 0 saturated heterocycles. The number of nitrogens with zero attached hydrogens (tertiary/aromatic N) is 1. The number of fused-ring (bicyclic) bond motifs is 1. The Bertz CT molecular complexity index is 670. The highest BCUT2D eigenvalue weighted by molar-refractivity contribution is 7.91. The molecule has 4 nitrogen and oxygen atoms in total. The second-order valence-corrected chi connectivity index (χ2v) is 6.08. The van der Waals surface area contributed by atoms with Crippen LogP contribution >= 0.6 is 11.6 Å². The van der Waals surface area contributed by atoms with E-state index in [0.29, 0.717) is 11.1 Å². The summed E-state index contributed by atoms with van der Waals surface area (Å²) in [6, 6.07) is 6.96. The fourth-order valence-electron chi connectivity index (χ4n) is 1.78. The maximum atomic E-state index is 12.1. The zero-order chi connectivity index (χ0) is 13.2. The van der Waals surface area contributed by atoms with Crippen LogP contribution in [0.4, 0.5) is 0 Å². The quantitative estimate of drug-likeness (QED) is 0.809. The Morgan fingerprint density at radius 1 is 1.28 bits per heavy atom. The van der Waals surface area contributed by atoms with Gasteiger partial charge < -0.3 is 4.74 Å². The molecule has 0 unspecified atom stereocenters. The molecular formula is C12H12ClNO3S. The summed E-state index contributed by atoms with van der Waals surface area (Å²) in [5, 5.41) is 1.34. The number of sulfone groups is 1. The number of benzene rings is 1. The van der Waals surface area contributed by atoms with Crippen molar-refractivity contribution in [3.8, 4) is 5.75 Å². The number of hydrogen-bond donors (Lipinski definition) is 0. The molecule has 0 spiro atoms. The average Bonchev–Trinajstić information content (AvgIpc) is 2.37. The van der Waals surface area contributed by atoms with E-state index in [4.69, 9.17) is 16.3 Å². The van der Waals surface area contributed by atoms with Gasteiger partial charge in [0.2, 0.25) is 0 Å². The normalized spacial score (nSPS) is 11.7. The Morgan fingerprint density at radius 3 is 2.72 bits per heavy atom. The fraction of sp³-hybridized carbons (Fsp3) is 0.250. The molecule has 0 saturated carbocycles. The fourth-order valence-corrected chi connectivity index (χ4v) is 3.52. The lowest BCUT2D eigenvalue weighted by molar-refractivity contribution is 0.419. The van der Waals surface area contributed by atoms with Gasteiger partial charge in [-0.1, -0.05) is 12.1 Å². The van der Waals surface area contributed by atoms with Crippen molar-refractivity contribution in [1.82, 2.24) is 4.98 Å². The van der Waals surface area contributed by atoms with E-state index in [9.17, 15) is 8.42 Å². The summed E-state index contributed by atoms with van der Waals surface area (Å²) in [6.07, 6.45) is 1.46. The van der Waals surface area contributed by atoms with E-state index in [0.717, 1.165) is 5.39 Å². The van der Waals surface area contributed by atoms with Crippen LogP contribution in [0.5, 0.6) is 5.75 Å². The predicted octanol–water partition coefficient (Wildman–Crippen LogP) is 2.26. The topological polar surface area (TPSA) is 56.3 Å². The number of alkyl halides is 1. The van der Waals surface area contributed by atoms with E-state index in [1.807, 2.05) is 0 Å². The van der Waals surface area contributed by atoms with Gasteiger partial charge in [-0.15, -0.1) is 11.6 Å². The second kappa shape index (κ2) is 5.12. The van der Waals surface area contributed by atoms with E-state index in [2.05, 4.69) is 4.98 Å². The van der Waals surface area contributed by atoms with Crippen LogP contribution in [-0.4, -0.2) is 32.1 Å². The molecular weight excluding hydrogens is 274 g/mol. The average molecular weight is 286 g/mol. The predicted molar refractivity (Wildman–Crippen MR) is 71.1 cm³/mol. The molecule has 0 radical (unpaired) electrons. The Balaban J connectivity index is 2.74. The van der Waals surface area contributed by atoms with Crippen molar-refractivity contribution in [3.05, 3.63) is 30.5 Å². The molecule has 0 aliphatic rings. The third kappa shape index (κ3) is 2.28. The number of halogens is 1. The molecule has 0 atom stereocenters. The number of aromatic nitrogens is 1. The first-order valence-electron chi connectivity index (χ1n) is 5.30. The van der Waals surface area contributed by atoms with Crippen LogP contribution in [0.1, 0.15) is 0 Å². The van der Waals surface area contributed by atoms with Crippen LogP contribution in [0.3, 0.4) is 0 Å². The largest absolute Gasteiger partial charge is 0.496 e. The van der Waals surface area contributed by atoms with E-state index >= 15 is 0 Å². The first kappa shape index (κ1) is 13.1. The first-order chi connectivity index (χ1) is 8.60. The van der Waals surface area contributed by atoms with Crippen molar-refractivity contribution in [3.63, 3.8) is 0 Å². The number of rotatable bonds is 4. The molecule has 6 heteroatoms. The summed E-state index contributed by atoms with van der Waals surface area (Å²) < 4.78 is 29.3. The van der Waals surface area contributed by atoms with Crippen LogP contribution in [0.2, 0.25) is 0 Å². The van der Waals surface area contributed by atoms with E-state index in [-0.39, 0.29) is 16.7 Å². The third-order valence-corrected chi connectivity index (χ3v) is 4.66. The molecule has 0 bridgehead atoms. The molecule has 96 valence electrons. The molecule has 0 aliphatic carbocycles. The van der Waals surface area contributed by atoms with Crippen molar-refractivity contribution in [2.75, 3.05) is 18.7 Å². The van der Waals surface area contributed by atoms with Crippen LogP contribution in [-0.2, 0) is 9.84 Å². The molecule has 1 heterocycles. The highest BCUT2D eigenvalue weighted by Gasteiger charge is 2.19. The summed E-state index contributed by atoms with van der Waals surface area (Å²) in [4.78, 5) is 3.97. The van der Waals surface area contributed by atoms with Gasteiger partial charge in [0.05, 0.1) is 12.9 Å². The minimum Gasteiger partial charge on any atom is -0.496 e. The highest BCUT2D eigenvalue weighted by Crippen LogP contribution is 2.29. The zero-order valence-electron chi connectivity index (χ0n) is 9.76. The maximum absolute atomic E-state index is 12.1. The number of methoxy groups -OCH3 is 1. The van der Waals surface area contributed by atoms with Gasteiger partial charge >= 0.3 is 0 Å². The van der Waals surface area contributed by atoms with Crippen molar-refractivity contribution in [2.24, 2.45) is 0 Å². The maximum Gasteiger partial charge on any atom is 0.197 e. The smallest absolute Gasteiger partial charge is 0.197 e. The van der Waals surface area contributed by atoms with Gasteiger partial charge in [-0.25, -0.2) is 13.4 Å². The van der Waals surface area contributed by atoms with Crippen LogP contribution < -0.4 is 4.74 Å². The van der Waals surface area contributed by atoms with Crippen molar-refractivity contribution in [2.45, 2.75) is 5.03 Å². The van der Waals surface area contributed by atoms with Gasteiger partial charge in [0.15, 0.2) is 14.9 Å². The molecule has 18 heavy (non-hydrogen) atoms. The van der Waals surface area contributed by atoms with Crippen LogP contribution in [0.15, 0.2) is 35.5 Å². The van der Waals surface area contributed by atoms with Gasteiger partial charge in [-0.2, -0.15) is 0 Å². The molecule has 2 rings (SSSR count). The molecule has 2 aromatic rings. The standard InChI is InChI=1S/C12H12ClNO3S/c1-17-11-4-2-3-10-9(11)5-7-14-12(10)18(15,16)8-6-13/h2-5,7H,6,8H2,1H3. The van der Waals surface area contributed by atoms with Crippen molar-refractivity contribution < 1.29 is 13.2 Å².